The van der Waals surface area contributed by atoms with Crippen LogP contribution in [-0.2, 0) is 16.1 Å². The van der Waals surface area contributed by atoms with Crippen LogP contribution in [0.2, 0.25) is 0 Å². The first-order chi connectivity index (χ1) is 6.22. The molecule has 0 fully saturated rings. The molecule has 0 saturated carbocycles. The zero-order chi connectivity index (χ0) is 9.68. The van der Waals surface area contributed by atoms with E-state index in [1.54, 1.807) is 12.3 Å². The lowest BCUT2D eigenvalue weighted by atomic mass is 10.2. The highest BCUT2D eigenvalue weighted by Crippen LogP contribution is 2.04. The average Bonchev–Trinajstić information content (AvgIpc) is 2.15. The molecule has 0 aliphatic carbocycles. The van der Waals surface area contributed by atoms with E-state index in [0.717, 1.165) is 11.3 Å². The van der Waals surface area contributed by atoms with E-state index in [-0.39, 0.29) is 12.6 Å². The molecular formula is C10H11NO2. The van der Waals surface area contributed by atoms with E-state index in [1.165, 1.54) is 6.92 Å². The van der Waals surface area contributed by atoms with Gasteiger partial charge in [-0.1, -0.05) is 12.7 Å². The van der Waals surface area contributed by atoms with Crippen LogP contribution < -0.4 is 0 Å². The van der Waals surface area contributed by atoms with Gasteiger partial charge in [0.25, 0.3) is 0 Å². The molecule has 0 radical (unpaired) electrons. The van der Waals surface area contributed by atoms with Crippen LogP contribution >= 0.6 is 0 Å². The largest absolute Gasteiger partial charge is 0.459 e. The Morgan fingerprint density at radius 3 is 3.15 bits per heavy atom. The van der Waals surface area contributed by atoms with Gasteiger partial charge < -0.3 is 4.74 Å². The molecule has 1 aromatic heterocycles. The summed E-state index contributed by atoms with van der Waals surface area (Å²) in [7, 11) is 0. The van der Waals surface area contributed by atoms with Crippen LogP contribution in [-0.4, -0.2) is 11.0 Å². The van der Waals surface area contributed by atoms with Crippen molar-refractivity contribution < 1.29 is 9.53 Å². The van der Waals surface area contributed by atoms with E-state index in [9.17, 15) is 4.79 Å². The van der Waals surface area contributed by atoms with Gasteiger partial charge in [-0.15, -0.1) is 0 Å². The molecule has 0 bridgehead atoms. The van der Waals surface area contributed by atoms with Crippen molar-refractivity contribution in [3.05, 3.63) is 36.2 Å². The predicted molar refractivity (Wildman–Crippen MR) is 49.8 cm³/mol. The Kier molecular flexibility index (Phi) is 3.20. The molecular weight excluding hydrogens is 166 g/mol. The third-order valence-electron chi connectivity index (χ3n) is 1.50. The lowest BCUT2D eigenvalue weighted by Crippen LogP contribution is -2.00. The Morgan fingerprint density at radius 2 is 2.54 bits per heavy atom. The summed E-state index contributed by atoms with van der Waals surface area (Å²) in [5.41, 5.74) is 1.70. The Morgan fingerprint density at radius 1 is 1.77 bits per heavy atom. The van der Waals surface area contributed by atoms with E-state index in [2.05, 4.69) is 11.6 Å². The van der Waals surface area contributed by atoms with Gasteiger partial charge in [0.2, 0.25) is 0 Å². The van der Waals surface area contributed by atoms with Gasteiger partial charge in [0, 0.05) is 13.1 Å². The topological polar surface area (TPSA) is 39.2 Å². The van der Waals surface area contributed by atoms with Crippen LogP contribution in [0.4, 0.5) is 0 Å². The van der Waals surface area contributed by atoms with Crippen molar-refractivity contribution >= 4 is 12.0 Å². The highest BCUT2D eigenvalue weighted by molar-refractivity contribution is 5.65. The van der Waals surface area contributed by atoms with Gasteiger partial charge in [-0.05, 0) is 17.7 Å². The highest BCUT2D eigenvalue weighted by Gasteiger charge is 1.97. The smallest absolute Gasteiger partial charge is 0.303 e. The quantitative estimate of drug-likeness (QED) is 0.661. The lowest BCUT2D eigenvalue weighted by Gasteiger charge is -2.01. The second-order valence-corrected chi connectivity index (χ2v) is 2.56. The van der Waals surface area contributed by atoms with E-state index < -0.39 is 0 Å². The molecule has 3 nitrogen and oxygen atoms in total. The number of pyridine rings is 1. The Bertz CT molecular complexity index is 320. The summed E-state index contributed by atoms with van der Waals surface area (Å²) in [6, 6.07) is 3.67. The summed E-state index contributed by atoms with van der Waals surface area (Å²) >= 11 is 0. The predicted octanol–water partition coefficient (Wildman–Crippen LogP) is 1.79. The molecule has 68 valence electrons. The molecule has 0 amide bonds. The van der Waals surface area contributed by atoms with Crippen molar-refractivity contribution in [2.24, 2.45) is 0 Å². The van der Waals surface area contributed by atoms with Gasteiger partial charge in [-0.2, -0.15) is 0 Å². The molecule has 1 rings (SSSR count). The Labute approximate surface area is 77.1 Å². The number of esters is 1. The van der Waals surface area contributed by atoms with E-state index in [4.69, 9.17) is 4.74 Å². The fourth-order valence-electron chi connectivity index (χ4n) is 0.878. The van der Waals surface area contributed by atoms with Crippen molar-refractivity contribution in [1.82, 2.24) is 4.98 Å². The zero-order valence-electron chi connectivity index (χ0n) is 7.49. The molecule has 0 unspecified atom stereocenters. The second kappa shape index (κ2) is 4.40. The fourth-order valence-corrected chi connectivity index (χ4v) is 0.878. The minimum Gasteiger partial charge on any atom is -0.459 e. The first-order valence-corrected chi connectivity index (χ1v) is 3.93. The monoisotopic (exact) mass is 177 g/mol. The Hall–Kier alpha value is -1.64. The van der Waals surface area contributed by atoms with Crippen LogP contribution in [0.3, 0.4) is 0 Å². The van der Waals surface area contributed by atoms with E-state index in [0.29, 0.717) is 0 Å². The number of carbonyl (C=O) groups is 1. The number of hydrogen-bond donors (Lipinski definition) is 0. The van der Waals surface area contributed by atoms with E-state index >= 15 is 0 Å². The minimum atomic E-state index is -0.300. The van der Waals surface area contributed by atoms with Gasteiger partial charge in [0.1, 0.15) is 6.61 Å². The Balaban J connectivity index is 2.66. The van der Waals surface area contributed by atoms with E-state index in [1.807, 2.05) is 12.1 Å². The van der Waals surface area contributed by atoms with Gasteiger partial charge >= 0.3 is 5.97 Å². The van der Waals surface area contributed by atoms with Gasteiger partial charge in [-0.25, -0.2) is 0 Å². The van der Waals surface area contributed by atoms with Crippen LogP contribution in [0.15, 0.2) is 24.9 Å². The van der Waals surface area contributed by atoms with Crippen LogP contribution in [0.25, 0.3) is 6.08 Å². The van der Waals surface area contributed by atoms with Crippen LogP contribution in [0.5, 0.6) is 0 Å². The molecule has 0 aromatic carbocycles. The average molecular weight is 177 g/mol. The summed E-state index contributed by atoms with van der Waals surface area (Å²) < 4.78 is 4.79. The van der Waals surface area contributed by atoms with Crippen molar-refractivity contribution in [2.45, 2.75) is 13.5 Å². The molecule has 1 heterocycles. The molecule has 3 heteroatoms. The molecule has 0 aliphatic heterocycles. The van der Waals surface area contributed by atoms with Gasteiger partial charge in [0.05, 0.1) is 5.69 Å². The lowest BCUT2D eigenvalue weighted by molar-refractivity contribution is -0.142. The number of nitrogens with zero attached hydrogens (tertiary/aromatic N) is 1. The summed E-state index contributed by atoms with van der Waals surface area (Å²) in [6.07, 6.45) is 3.38. The van der Waals surface area contributed by atoms with Crippen LogP contribution in [0.1, 0.15) is 18.2 Å². The maximum atomic E-state index is 10.5. The molecule has 0 aliphatic rings. The number of aromatic nitrogens is 1. The molecule has 1 aromatic rings. The summed E-state index contributed by atoms with van der Waals surface area (Å²) in [4.78, 5) is 14.5. The number of ether oxygens (including phenoxy) is 1. The molecule has 0 spiro atoms. The van der Waals surface area contributed by atoms with Crippen molar-refractivity contribution in [1.29, 1.82) is 0 Å². The molecule has 0 N–H and O–H groups in total. The third kappa shape index (κ3) is 3.07. The SMILES string of the molecule is C=Cc1ccnc(COC(C)=O)c1. The second-order valence-electron chi connectivity index (χ2n) is 2.56. The fraction of sp³-hybridized carbons (Fsp3) is 0.200. The van der Waals surface area contributed by atoms with Crippen molar-refractivity contribution in [3.8, 4) is 0 Å². The zero-order valence-corrected chi connectivity index (χ0v) is 7.49. The first kappa shape index (κ1) is 9.45. The molecule has 0 atom stereocenters. The number of hydrogen-bond acceptors (Lipinski definition) is 3. The first-order valence-electron chi connectivity index (χ1n) is 3.93. The van der Waals surface area contributed by atoms with Gasteiger partial charge in [0.15, 0.2) is 0 Å². The summed E-state index contributed by atoms with van der Waals surface area (Å²) in [5, 5.41) is 0. The van der Waals surface area contributed by atoms with Crippen LogP contribution in [0, 0.1) is 0 Å². The summed E-state index contributed by atoms with van der Waals surface area (Å²) in [5.74, 6) is -0.300. The van der Waals surface area contributed by atoms with Crippen molar-refractivity contribution in [3.63, 3.8) is 0 Å². The maximum Gasteiger partial charge on any atom is 0.303 e. The third-order valence-corrected chi connectivity index (χ3v) is 1.50. The highest BCUT2D eigenvalue weighted by atomic mass is 16.5. The molecule has 0 saturated heterocycles. The summed E-state index contributed by atoms with van der Waals surface area (Å²) in [6.45, 7) is 5.22. The normalized spacial score (nSPS) is 9.31. The van der Waals surface area contributed by atoms with Gasteiger partial charge in [-0.3, -0.25) is 9.78 Å². The standard InChI is InChI=1S/C10H11NO2/c1-3-9-4-5-11-10(6-9)7-13-8(2)12/h3-6H,1,7H2,2H3. The number of rotatable bonds is 3. The molecule has 13 heavy (non-hydrogen) atoms. The maximum absolute atomic E-state index is 10.5. The minimum absolute atomic E-state index is 0.219. The van der Waals surface area contributed by atoms with Crippen molar-refractivity contribution in [2.75, 3.05) is 0 Å². The number of carbonyl (C=O) groups excluding carboxylic acids is 1.